The fraction of sp³-hybridized carbons (Fsp3) is 0.548. The molecule has 31 heavy (non-hydrogen) atoms. The van der Waals surface area contributed by atoms with Crippen LogP contribution < -0.4 is 0 Å². The first-order valence-corrected chi connectivity index (χ1v) is 12.9. The lowest BCUT2D eigenvalue weighted by atomic mass is 9.78. The van der Waals surface area contributed by atoms with E-state index in [0.717, 1.165) is 11.5 Å². The first kappa shape index (κ1) is 23.7. The lowest BCUT2D eigenvalue weighted by Gasteiger charge is -2.26. The summed E-state index contributed by atoms with van der Waals surface area (Å²) in [7, 11) is 0. The third kappa shape index (κ3) is 8.57. The third-order valence-corrected chi connectivity index (χ3v) is 6.97. The van der Waals surface area contributed by atoms with Crippen LogP contribution in [0.25, 0.3) is 0 Å². The summed E-state index contributed by atoms with van der Waals surface area (Å²) in [5.74, 6) is 8.23. The van der Waals surface area contributed by atoms with Gasteiger partial charge < -0.3 is 0 Å². The van der Waals surface area contributed by atoms with Crippen molar-refractivity contribution in [3.05, 3.63) is 70.8 Å². The van der Waals surface area contributed by atoms with E-state index in [1.54, 1.807) is 5.56 Å². The van der Waals surface area contributed by atoms with Gasteiger partial charge in [0.2, 0.25) is 0 Å². The van der Waals surface area contributed by atoms with Crippen LogP contribution in [-0.4, -0.2) is 0 Å². The molecule has 0 aliphatic heterocycles. The Hall–Kier alpha value is -2.00. The molecular weight excluding hydrogens is 372 g/mol. The lowest BCUT2D eigenvalue weighted by Crippen LogP contribution is -2.12. The SMILES string of the molecule is CCCCCCCCCCc1ccc([C@H]2CC[C@H](C#Cc3ccc(C)cc3)CC2)cc1. The van der Waals surface area contributed by atoms with Gasteiger partial charge in [0.05, 0.1) is 0 Å². The summed E-state index contributed by atoms with van der Waals surface area (Å²) in [6.07, 6.45) is 17.5. The van der Waals surface area contributed by atoms with Crippen molar-refractivity contribution in [2.24, 2.45) is 5.92 Å². The lowest BCUT2D eigenvalue weighted by molar-refractivity contribution is 0.384. The molecule has 1 aliphatic rings. The molecule has 0 bridgehead atoms. The summed E-state index contributed by atoms with van der Waals surface area (Å²) in [4.78, 5) is 0. The van der Waals surface area contributed by atoms with Gasteiger partial charge in [-0.05, 0) is 74.6 Å². The van der Waals surface area contributed by atoms with Crippen molar-refractivity contribution in [1.29, 1.82) is 0 Å². The maximum atomic E-state index is 3.54. The van der Waals surface area contributed by atoms with Crippen LogP contribution in [0.5, 0.6) is 0 Å². The average Bonchev–Trinajstić information content (AvgIpc) is 2.81. The molecule has 1 aliphatic carbocycles. The second-order valence-electron chi connectivity index (χ2n) is 9.65. The Morgan fingerprint density at radius 3 is 1.97 bits per heavy atom. The molecule has 166 valence electrons. The maximum Gasteiger partial charge on any atom is 0.0245 e. The highest BCUT2D eigenvalue weighted by atomic mass is 14.2. The van der Waals surface area contributed by atoms with Crippen molar-refractivity contribution in [3.8, 4) is 11.8 Å². The summed E-state index contributed by atoms with van der Waals surface area (Å²) in [5, 5.41) is 0. The summed E-state index contributed by atoms with van der Waals surface area (Å²) >= 11 is 0. The third-order valence-electron chi connectivity index (χ3n) is 6.97. The Balaban J connectivity index is 1.35. The molecule has 2 aromatic carbocycles. The molecule has 0 radical (unpaired) electrons. The van der Waals surface area contributed by atoms with Crippen LogP contribution in [0.1, 0.15) is 112 Å². The van der Waals surface area contributed by atoms with E-state index < -0.39 is 0 Å². The molecule has 1 fully saturated rings. The van der Waals surface area contributed by atoms with Crippen LogP contribution in [0.2, 0.25) is 0 Å². The molecule has 0 N–H and O–H groups in total. The van der Waals surface area contributed by atoms with E-state index in [4.69, 9.17) is 0 Å². The van der Waals surface area contributed by atoms with Gasteiger partial charge in [0.15, 0.2) is 0 Å². The highest BCUT2D eigenvalue weighted by molar-refractivity contribution is 5.36. The molecule has 0 unspecified atom stereocenters. The largest absolute Gasteiger partial charge is 0.0945 e. The normalized spacial score (nSPS) is 18.4. The van der Waals surface area contributed by atoms with E-state index in [9.17, 15) is 0 Å². The van der Waals surface area contributed by atoms with Gasteiger partial charge in [0.25, 0.3) is 0 Å². The second kappa shape index (κ2) is 13.4. The van der Waals surface area contributed by atoms with Gasteiger partial charge in [-0.3, -0.25) is 0 Å². The van der Waals surface area contributed by atoms with Gasteiger partial charge in [-0.15, -0.1) is 0 Å². The summed E-state index contributed by atoms with van der Waals surface area (Å²) < 4.78 is 0. The number of unbranched alkanes of at least 4 members (excludes halogenated alkanes) is 7. The van der Waals surface area contributed by atoms with Gasteiger partial charge in [0, 0.05) is 11.5 Å². The second-order valence-corrected chi connectivity index (χ2v) is 9.65. The molecule has 2 aromatic rings. The fourth-order valence-electron chi connectivity index (χ4n) is 4.81. The number of benzene rings is 2. The van der Waals surface area contributed by atoms with E-state index in [-0.39, 0.29) is 0 Å². The number of aryl methyl sites for hydroxylation is 2. The monoisotopic (exact) mass is 414 g/mol. The van der Waals surface area contributed by atoms with Gasteiger partial charge in [0.1, 0.15) is 0 Å². The van der Waals surface area contributed by atoms with Crippen molar-refractivity contribution in [1.82, 2.24) is 0 Å². The molecule has 0 atom stereocenters. The zero-order valence-corrected chi connectivity index (χ0v) is 20.0. The van der Waals surface area contributed by atoms with E-state index >= 15 is 0 Å². The van der Waals surface area contributed by atoms with Crippen molar-refractivity contribution < 1.29 is 0 Å². The zero-order valence-electron chi connectivity index (χ0n) is 20.0. The standard InChI is InChI=1S/C31H42/c1-3-4-5-6-7-8-9-10-11-27-18-22-30(23-19-27)31-24-20-29(21-25-31)17-16-28-14-12-26(2)13-15-28/h12-15,18-19,22-23,29,31H,3-11,20-21,24-25H2,1-2H3/t29-,31-. The topological polar surface area (TPSA) is 0 Å². The minimum atomic E-state index is 0.568. The van der Waals surface area contributed by atoms with Gasteiger partial charge in [-0.1, -0.05) is 106 Å². The van der Waals surface area contributed by atoms with Crippen molar-refractivity contribution in [2.45, 2.75) is 103 Å². The quantitative estimate of drug-likeness (QED) is 0.269. The molecule has 0 heterocycles. The fourth-order valence-corrected chi connectivity index (χ4v) is 4.81. The molecule has 3 rings (SSSR count). The first-order chi connectivity index (χ1) is 15.2. The van der Waals surface area contributed by atoms with Crippen molar-refractivity contribution in [3.63, 3.8) is 0 Å². The van der Waals surface area contributed by atoms with Crippen LogP contribution >= 0.6 is 0 Å². The highest BCUT2D eigenvalue weighted by Crippen LogP contribution is 2.35. The van der Waals surface area contributed by atoms with Gasteiger partial charge in [-0.2, -0.15) is 0 Å². The number of hydrogen-bond donors (Lipinski definition) is 0. The van der Waals surface area contributed by atoms with E-state index in [2.05, 4.69) is 74.2 Å². The van der Waals surface area contributed by atoms with Gasteiger partial charge in [-0.25, -0.2) is 0 Å². The van der Waals surface area contributed by atoms with Crippen LogP contribution in [0.15, 0.2) is 48.5 Å². The Bertz CT molecular complexity index is 792. The minimum Gasteiger partial charge on any atom is -0.0945 e. The summed E-state index contributed by atoms with van der Waals surface area (Å²) in [6, 6.07) is 18.2. The van der Waals surface area contributed by atoms with E-state index in [1.165, 1.54) is 94.6 Å². The molecule has 0 saturated heterocycles. The van der Waals surface area contributed by atoms with Crippen LogP contribution in [0.3, 0.4) is 0 Å². The van der Waals surface area contributed by atoms with Gasteiger partial charge >= 0.3 is 0 Å². The average molecular weight is 415 g/mol. The highest BCUT2D eigenvalue weighted by Gasteiger charge is 2.21. The van der Waals surface area contributed by atoms with E-state index in [1.807, 2.05) is 0 Å². The van der Waals surface area contributed by atoms with Crippen molar-refractivity contribution >= 4 is 0 Å². The molecular formula is C31H42. The molecule has 0 nitrogen and oxygen atoms in total. The minimum absolute atomic E-state index is 0.568. The predicted octanol–water partition coefficient (Wildman–Crippen LogP) is 9.00. The molecule has 0 heteroatoms. The summed E-state index contributed by atoms with van der Waals surface area (Å²) in [6.45, 7) is 4.42. The van der Waals surface area contributed by atoms with Crippen LogP contribution in [0.4, 0.5) is 0 Å². The van der Waals surface area contributed by atoms with E-state index in [0.29, 0.717) is 5.92 Å². The zero-order chi connectivity index (χ0) is 21.7. The molecule has 0 spiro atoms. The smallest absolute Gasteiger partial charge is 0.0245 e. The Morgan fingerprint density at radius 1 is 0.710 bits per heavy atom. The Labute approximate surface area is 191 Å². The summed E-state index contributed by atoms with van der Waals surface area (Å²) in [5.41, 5.74) is 5.52. The van der Waals surface area contributed by atoms with Crippen LogP contribution in [0, 0.1) is 24.7 Å². The number of hydrogen-bond acceptors (Lipinski definition) is 0. The Morgan fingerprint density at radius 2 is 1.32 bits per heavy atom. The molecule has 0 amide bonds. The van der Waals surface area contributed by atoms with Crippen LogP contribution in [-0.2, 0) is 6.42 Å². The molecule has 1 saturated carbocycles. The predicted molar refractivity (Wildman–Crippen MR) is 136 cm³/mol. The maximum absolute atomic E-state index is 3.54. The number of rotatable bonds is 10. The molecule has 0 aromatic heterocycles. The van der Waals surface area contributed by atoms with Crippen molar-refractivity contribution in [2.75, 3.05) is 0 Å². The first-order valence-electron chi connectivity index (χ1n) is 12.9. The Kier molecular flexibility index (Phi) is 10.2.